The largest absolute Gasteiger partial charge is 0.497 e. The van der Waals surface area contributed by atoms with Gasteiger partial charge in [0.2, 0.25) is 0 Å². The maximum atomic E-state index is 13.4. The zero-order chi connectivity index (χ0) is 19.7. The number of ether oxygens (including phenoxy) is 2. The van der Waals surface area contributed by atoms with Crippen LogP contribution in [-0.2, 0) is 10.0 Å². The van der Waals surface area contributed by atoms with E-state index in [1.54, 1.807) is 36.7 Å². The number of fused-ring (bicyclic) bond motifs is 1. The number of methoxy groups -OCH3 is 2. The van der Waals surface area contributed by atoms with Crippen LogP contribution < -0.4 is 19.7 Å². The summed E-state index contributed by atoms with van der Waals surface area (Å²) in [6, 6.07) is 8.23. The average Bonchev–Trinajstić information content (AvgIpc) is 3.19. The van der Waals surface area contributed by atoms with Gasteiger partial charge in [0, 0.05) is 50.0 Å². The molecule has 1 aliphatic heterocycles. The average molecular weight is 402 g/mol. The standard InChI is InChI=1S/C19H22N4O4S/c1-26-14-3-4-17(27-2)18(13-14)28(24,25)23-10-6-15-16(23)5-7-21-19(15)22-11-8-20-9-12-22/h3-7,10,13,20H,8-9,11-12H2,1-2H3. The summed E-state index contributed by atoms with van der Waals surface area (Å²) in [6.45, 7) is 3.40. The lowest BCUT2D eigenvalue weighted by molar-refractivity contribution is 0.392. The summed E-state index contributed by atoms with van der Waals surface area (Å²) < 4.78 is 38.6. The van der Waals surface area contributed by atoms with Crippen molar-refractivity contribution in [1.82, 2.24) is 14.3 Å². The molecule has 1 N–H and O–H groups in total. The van der Waals surface area contributed by atoms with E-state index < -0.39 is 10.0 Å². The van der Waals surface area contributed by atoms with Crippen molar-refractivity contribution in [3.8, 4) is 11.5 Å². The summed E-state index contributed by atoms with van der Waals surface area (Å²) in [5, 5.41) is 4.11. The van der Waals surface area contributed by atoms with Gasteiger partial charge in [0.25, 0.3) is 10.0 Å². The summed E-state index contributed by atoms with van der Waals surface area (Å²) in [4.78, 5) is 6.72. The lowest BCUT2D eigenvalue weighted by Gasteiger charge is -2.28. The highest BCUT2D eigenvalue weighted by Gasteiger charge is 2.25. The molecule has 0 bridgehead atoms. The SMILES string of the molecule is COc1ccc(OC)c(S(=O)(=O)n2ccc3c(N4CCNCC4)nccc32)c1. The Labute approximate surface area is 163 Å². The normalized spacial score (nSPS) is 15.0. The van der Waals surface area contributed by atoms with Crippen molar-refractivity contribution in [3.05, 3.63) is 42.7 Å². The first-order valence-electron chi connectivity index (χ1n) is 8.95. The molecule has 0 spiro atoms. The van der Waals surface area contributed by atoms with E-state index in [0.29, 0.717) is 11.3 Å². The van der Waals surface area contributed by atoms with Crippen LogP contribution in [0, 0.1) is 0 Å². The highest BCUT2D eigenvalue weighted by Crippen LogP contribution is 2.33. The molecule has 1 aliphatic rings. The first-order chi connectivity index (χ1) is 13.6. The highest BCUT2D eigenvalue weighted by molar-refractivity contribution is 7.90. The van der Waals surface area contributed by atoms with Crippen LogP contribution in [0.5, 0.6) is 11.5 Å². The van der Waals surface area contributed by atoms with Crippen LogP contribution in [-0.4, -0.2) is 57.8 Å². The molecule has 9 heteroatoms. The van der Waals surface area contributed by atoms with Crippen molar-refractivity contribution in [2.75, 3.05) is 45.3 Å². The topological polar surface area (TPSA) is 85.7 Å². The Balaban J connectivity index is 1.85. The van der Waals surface area contributed by atoms with Crippen molar-refractivity contribution >= 4 is 26.7 Å². The van der Waals surface area contributed by atoms with Gasteiger partial charge in [0.15, 0.2) is 0 Å². The van der Waals surface area contributed by atoms with Gasteiger partial charge in [-0.3, -0.25) is 0 Å². The number of anilines is 1. The summed E-state index contributed by atoms with van der Waals surface area (Å²) in [7, 11) is -0.952. The van der Waals surface area contributed by atoms with Crippen molar-refractivity contribution in [2.24, 2.45) is 0 Å². The van der Waals surface area contributed by atoms with Gasteiger partial charge in [-0.2, -0.15) is 0 Å². The second kappa shape index (κ2) is 7.33. The second-order valence-electron chi connectivity index (χ2n) is 6.44. The molecule has 1 saturated heterocycles. The Hall–Kier alpha value is -2.78. The van der Waals surface area contributed by atoms with Crippen LogP contribution in [0.2, 0.25) is 0 Å². The molecule has 0 atom stereocenters. The molecule has 0 unspecified atom stereocenters. The zero-order valence-corrected chi connectivity index (χ0v) is 16.6. The zero-order valence-electron chi connectivity index (χ0n) is 15.8. The quantitative estimate of drug-likeness (QED) is 0.695. The van der Waals surface area contributed by atoms with E-state index in [-0.39, 0.29) is 10.6 Å². The monoisotopic (exact) mass is 402 g/mol. The fourth-order valence-electron chi connectivity index (χ4n) is 3.46. The van der Waals surface area contributed by atoms with E-state index in [4.69, 9.17) is 9.47 Å². The minimum atomic E-state index is -3.89. The molecule has 0 saturated carbocycles. The number of nitrogens with one attached hydrogen (secondary N) is 1. The Morgan fingerprint density at radius 3 is 2.57 bits per heavy atom. The molecule has 8 nitrogen and oxygen atoms in total. The first kappa shape index (κ1) is 18.6. The molecule has 4 rings (SSSR count). The van der Waals surface area contributed by atoms with Gasteiger partial charge in [0.05, 0.1) is 19.7 Å². The number of hydrogen-bond donors (Lipinski definition) is 1. The van der Waals surface area contributed by atoms with Gasteiger partial charge < -0.3 is 19.7 Å². The number of pyridine rings is 1. The smallest absolute Gasteiger partial charge is 0.271 e. The van der Waals surface area contributed by atoms with Crippen LogP contribution in [0.3, 0.4) is 0 Å². The van der Waals surface area contributed by atoms with Gasteiger partial charge in [-0.15, -0.1) is 0 Å². The number of aromatic nitrogens is 2. The molecular formula is C19H22N4O4S. The Kier molecular flexibility index (Phi) is 4.86. The van der Waals surface area contributed by atoms with Crippen molar-refractivity contribution in [2.45, 2.75) is 4.90 Å². The van der Waals surface area contributed by atoms with E-state index in [1.165, 1.54) is 24.3 Å². The van der Waals surface area contributed by atoms with Gasteiger partial charge in [-0.25, -0.2) is 17.4 Å². The minimum absolute atomic E-state index is 0.0485. The maximum Gasteiger partial charge on any atom is 0.271 e. The predicted octanol–water partition coefficient (Wildman–Crippen LogP) is 1.70. The van der Waals surface area contributed by atoms with E-state index >= 15 is 0 Å². The van der Waals surface area contributed by atoms with Crippen LogP contribution >= 0.6 is 0 Å². The molecule has 148 valence electrons. The van der Waals surface area contributed by atoms with Crippen LogP contribution in [0.15, 0.2) is 47.6 Å². The van der Waals surface area contributed by atoms with E-state index in [1.807, 2.05) is 0 Å². The van der Waals surface area contributed by atoms with Crippen molar-refractivity contribution < 1.29 is 17.9 Å². The number of rotatable bonds is 5. The fourth-order valence-corrected chi connectivity index (χ4v) is 4.98. The summed E-state index contributed by atoms with van der Waals surface area (Å²) in [5.74, 6) is 1.50. The van der Waals surface area contributed by atoms with Gasteiger partial charge in [-0.1, -0.05) is 0 Å². The maximum absolute atomic E-state index is 13.4. The van der Waals surface area contributed by atoms with Gasteiger partial charge in [-0.05, 0) is 24.3 Å². The van der Waals surface area contributed by atoms with E-state index in [2.05, 4.69) is 15.2 Å². The molecule has 1 fully saturated rings. The van der Waals surface area contributed by atoms with E-state index in [9.17, 15) is 8.42 Å². The molecule has 0 aliphatic carbocycles. The summed E-state index contributed by atoms with van der Waals surface area (Å²) in [5.41, 5.74) is 0.577. The van der Waals surface area contributed by atoms with Crippen LogP contribution in [0.4, 0.5) is 5.82 Å². The van der Waals surface area contributed by atoms with Crippen LogP contribution in [0.1, 0.15) is 0 Å². The molecule has 2 aromatic heterocycles. The second-order valence-corrected chi connectivity index (χ2v) is 8.22. The van der Waals surface area contributed by atoms with Crippen LogP contribution in [0.25, 0.3) is 10.9 Å². The Morgan fingerprint density at radius 1 is 1.07 bits per heavy atom. The summed E-state index contributed by atoms with van der Waals surface area (Å²) in [6.07, 6.45) is 3.21. The Bertz CT molecular complexity index is 1100. The van der Waals surface area contributed by atoms with E-state index in [0.717, 1.165) is 37.4 Å². The lowest BCUT2D eigenvalue weighted by Crippen LogP contribution is -2.43. The van der Waals surface area contributed by atoms with Gasteiger partial charge >= 0.3 is 0 Å². The predicted molar refractivity (Wildman–Crippen MR) is 107 cm³/mol. The number of hydrogen-bond acceptors (Lipinski definition) is 7. The van der Waals surface area contributed by atoms with Crippen molar-refractivity contribution in [1.29, 1.82) is 0 Å². The van der Waals surface area contributed by atoms with Gasteiger partial charge in [0.1, 0.15) is 22.2 Å². The third-order valence-electron chi connectivity index (χ3n) is 4.88. The molecule has 3 heterocycles. The number of piperazine rings is 1. The lowest BCUT2D eigenvalue weighted by atomic mass is 10.2. The number of benzene rings is 1. The molecule has 3 aromatic rings. The molecule has 1 aromatic carbocycles. The Morgan fingerprint density at radius 2 is 1.86 bits per heavy atom. The highest BCUT2D eigenvalue weighted by atomic mass is 32.2. The fraction of sp³-hybridized carbons (Fsp3) is 0.316. The minimum Gasteiger partial charge on any atom is -0.497 e. The molecule has 0 amide bonds. The van der Waals surface area contributed by atoms with Crippen molar-refractivity contribution in [3.63, 3.8) is 0 Å². The third kappa shape index (κ3) is 3.06. The molecular weight excluding hydrogens is 380 g/mol. The first-order valence-corrected chi connectivity index (χ1v) is 10.4. The molecule has 28 heavy (non-hydrogen) atoms. The number of nitrogens with zero attached hydrogens (tertiary/aromatic N) is 3. The third-order valence-corrected chi connectivity index (χ3v) is 6.60. The summed E-state index contributed by atoms with van der Waals surface area (Å²) >= 11 is 0. The molecule has 0 radical (unpaired) electrons.